The molecule has 0 unspecified atom stereocenters. The number of benzene rings is 11. The summed E-state index contributed by atoms with van der Waals surface area (Å²) in [5, 5.41) is 17.2. The maximum Gasteiger partial charge on any atom is 0.143 e. The Morgan fingerprint density at radius 1 is 0.255 bits per heavy atom. The van der Waals surface area contributed by atoms with Gasteiger partial charge < -0.3 is 4.42 Å². The quantitative estimate of drug-likeness (QED) is 0.132. The number of hydrogen-bond acceptors (Lipinski definition) is 1. The smallest absolute Gasteiger partial charge is 0.143 e. The molecule has 0 spiro atoms. The summed E-state index contributed by atoms with van der Waals surface area (Å²) in [6.45, 7) is 0. The molecule has 0 aliphatic rings. The molecule has 254 valence electrons. The molecule has 12 rings (SSSR count). The van der Waals surface area contributed by atoms with E-state index in [1.807, 2.05) is 0 Å². The van der Waals surface area contributed by atoms with Crippen LogP contribution < -0.4 is 0 Å². The van der Waals surface area contributed by atoms with E-state index in [9.17, 15) is 0 Å². The molecule has 1 heterocycles. The maximum absolute atomic E-state index is 6.72. The summed E-state index contributed by atoms with van der Waals surface area (Å²) < 4.78 is 6.72. The summed E-state index contributed by atoms with van der Waals surface area (Å²) in [6.07, 6.45) is 0. The molecule has 0 saturated carbocycles. The van der Waals surface area contributed by atoms with Crippen LogP contribution in [-0.2, 0) is 0 Å². The highest BCUT2D eigenvalue weighted by molar-refractivity contribution is 6.31. The zero-order chi connectivity index (χ0) is 36.0. The zero-order valence-electron chi connectivity index (χ0n) is 29.9. The van der Waals surface area contributed by atoms with Crippen molar-refractivity contribution in [2.24, 2.45) is 0 Å². The lowest BCUT2D eigenvalue weighted by atomic mass is 9.85. The molecule has 0 amide bonds. The topological polar surface area (TPSA) is 13.1 Å². The van der Waals surface area contributed by atoms with Gasteiger partial charge in [-0.1, -0.05) is 170 Å². The Morgan fingerprint density at radius 2 is 0.709 bits per heavy atom. The Hall–Kier alpha value is -7.22. The van der Waals surface area contributed by atoms with E-state index >= 15 is 0 Å². The van der Waals surface area contributed by atoms with Crippen molar-refractivity contribution in [2.75, 3.05) is 0 Å². The van der Waals surface area contributed by atoms with Crippen LogP contribution in [0.2, 0.25) is 0 Å². The molecule has 12 aromatic rings. The third-order valence-electron chi connectivity index (χ3n) is 11.8. The summed E-state index contributed by atoms with van der Waals surface area (Å²) in [6, 6.07) is 71.0. The van der Waals surface area contributed by atoms with Crippen LogP contribution in [-0.4, -0.2) is 0 Å². The van der Waals surface area contributed by atoms with E-state index in [0.717, 1.165) is 21.9 Å². The summed E-state index contributed by atoms with van der Waals surface area (Å²) in [5.41, 5.74) is 9.27. The van der Waals surface area contributed by atoms with Crippen LogP contribution in [0.15, 0.2) is 199 Å². The summed E-state index contributed by atoms with van der Waals surface area (Å²) in [4.78, 5) is 0. The Balaban J connectivity index is 0.988. The average Bonchev–Trinajstić information content (AvgIpc) is 3.63. The Kier molecular flexibility index (Phi) is 6.40. The molecule has 0 aliphatic heterocycles. The normalized spacial score (nSPS) is 12.0. The molecule has 1 heteroatoms. The maximum atomic E-state index is 6.72. The van der Waals surface area contributed by atoms with Crippen LogP contribution in [0, 0.1) is 0 Å². The van der Waals surface area contributed by atoms with Crippen LogP contribution >= 0.6 is 0 Å². The van der Waals surface area contributed by atoms with Crippen molar-refractivity contribution in [1.29, 1.82) is 0 Å². The highest BCUT2D eigenvalue weighted by Crippen LogP contribution is 2.45. The van der Waals surface area contributed by atoms with Gasteiger partial charge in [0.05, 0.1) is 0 Å². The van der Waals surface area contributed by atoms with E-state index in [4.69, 9.17) is 4.42 Å². The summed E-state index contributed by atoms with van der Waals surface area (Å²) in [5.74, 6) is 0. The molecular formula is C54H32O. The fourth-order valence-electron chi connectivity index (χ4n) is 9.25. The largest absolute Gasteiger partial charge is 0.455 e. The molecule has 1 aromatic heterocycles. The first-order valence-corrected chi connectivity index (χ1v) is 19.0. The minimum atomic E-state index is 0.919. The van der Waals surface area contributed by atoms with Gasteiger partial charge in [0.15, 0.2) is 0 Å². The van der Waals surface area contributed by atoms with Crippen LogP contribution in [0.3, 0.4) is 0 Å². The summed E-state index contributed by atoms with van der Waals surface area (Å²) in [7, 11) is 0. The van der Waals surface area contributed by atoms with Gasteiger partial charge in [0.25, 0.3) is 0 Å². The van der Waals surface area contributed by atoms with Gasteiger partial charge >= 0.3 is 0 Å². The molecule has 0 aliphatic carbocycles. The second-order valence-corrected chi connectivity index (χ2v) is 14.8. The van der Waals surface area contributed by atoms with Crippen molar-refractivity contribution >= 4 is 86.6 Å². The second kappa shape index (κ2) is 11.6. The van der Waals surface area contributed by atoms with Gasteiger partial charge in [-0.25, -0.2) is 0 Å². The van der Waals surface area contributed by atoms with Gasteiger partial charge in [0, 0.05) is 16.2 Å². The van der Waals surface area contributed by atoms with E-state index in [0.29, 0.717) is 0 Å². The Morgan fingerprint density at radius 3 is 1.40 bits per heavy atom. The van der Waals surface area contributed by atoms with E-state index in [-0.39, 0.29) is 0 Å². The first-order chi connectivity index (χ1) is 27.3. The van der Waals surface area contributed by atoms with Crippen molar-refractivity contribution in [1.82, 2.24) is 0 Å². The predicted octanol–water partition coefficient (Wildman–Crippen LogP) is 15.5. The number of fused-ring (bicyclic) bond motifs is 12. The molecule has 55 heavy (non-hydrogen) atoms. The molecule has 0 N–H and O–H groups in total. The van der Waals surface area contributed by atoms with Crippen molar-refractivity contribution in [3.8, 4) is 33.4 Å². The lowest BCUT2D eigenvalue weighted by molar-refractivity contribution is 0.673. The van der Waals surface area contributed by atoms with Crippen LogP contribution in [0.1, 0.15) is 0 Å². The number of rotatable bonds is 3. The lowest BCUT2D eigenvalue weighted by Gasteiger charge is -2.18. The third-order valence-corrected chi connectivity index (χ3v) is 11.8. The highest BCUT2D eigenvalue weighted by Gasteiger charge is 2.18. The third kappa shape index (κ3) is 4.54. The van der Waals surface area contributed by atoms with Crippen molar-refractivity contribution in [3.05, 3.63) is 194 Å². The molecule has 0 radical (unpaired) electrons. The molecular weight excluding hydrogens is 665 g/mol. The number of hydrogen-bond donors (Lipinski definition) is 0. The monoisotopic (exact) mass is 696 g/mol. The van der Waals surface area contributed by atoms with Gasteiger partial charge in [-0.3, -0.25) is 0 Å². The number of furan rings is 1. The van der Waals surface area contributed by atoms with Crippen LogP contribution in [0.25, 0.3) is 120 Å². The van der Waals surface area contributed by atoms with Crippen molar-refractivity contribution < 1.29 is 4.42 Å². The fourth-order valence-corrected chi connectivity index (χ4v) is 9.25. The van der Waals surface area contributed by atoms with Gasteiger partial charge in [0.2, 0.25) is 0 Å². The first-order valence-electron chi connectivity index (χ1n) is 19.0. The summed E-state index contributed by atoms with van der Waals surface area (Å²) >= 11 is 0. The van der Waals surface area contributed by atoms with E-state index in [1.165, 1.54) is 98.0 Å². The van der Waals surface area contributed by atoms with Crippen molar-refractivity contribution in [2.45, 2.75) is 0 Å². The molecule has 1 nitrogen and oxygen atoms in total. The van der Waals surface area contributed by atoms with Crippen molar-refractivity contribution in [3.63, 3.8) is 0 Å². The molecule has 0 bridgehead atoms. The minimum Gasteiger partial charge on any atom is -0.455 e. The molecule has 11 aromatic carbocycles. The average molecular weight is 697 g/mol. The Bertz CT molecular complexity index is 3470. The first kappa shape index (κ1) is 30.3. The SMILES string of the molecule is c1ccc2cc(-c3c4ccccc4c(-c4ccc(-c5ccc6cc7c(cc6c5)oc5c6ccccc6c6ccccc6c75)cc4)c4ccccc34)ccc2c1. The van der Waals surface area contributed by atoms with Crippen LogP contribution in [0.4, 0.5) is 0 Å². The predicted molar refractivity (Wildman–Crippen MR) is 235 cm³/mol. The van der Waals surface area contributed by atoms with E-state index in [1.54, 1.807) is 0 Å². The minimum absolute atomic E-state index is 0.919. The van der Waals surface area contributed by atoms with Crippen LogP contribution in [0.5, 0.6) is 0 Å². The second-order valence-electron chi connectivity index (χ2n) is 14.8. The zero-order valence-corrected chi connectivity index (χ0v) is 29.9. The van der Waals surface area contributed by atoms with Gasteiger partial charge in [-0.15, -0.1) is 0 Å². The highest BCUT2D eigenvalue weighted by atomic mass is 16.3. The fraction of sp³-hybridized carbons (Fsp3) is 0. The van der Waals surface area contributed by atoms with E-state index in [2.05, 4.69) is 194 Å². The van der Waals surface area contributed by atoms with Gasteiger partial charge in [-0.2, -0.15) is 0 Å². The van der Waals surface area contributed by atoms with E-state index < -0.39 is 0 Å². The van der Waals surface area contributed by atoms with Gasteiger partial charge in [-0.05, 0) is 117 Å². The molecule has 0 saturated heterocycles. The molecule has 0 atom stereocenters. The lowest BCUT2D eigenvalue weighted by Crippen LogP contribution is -1.91. The van der Waals surface area contributed by atoms with Gasteiger partial charge in [0.1, 0.15) is 11.2 Å². The Labute approximate surface area is 317 Å². The standard InChI is InChI=1S/C54H32O/c1-2-12-36-29-39(28-23-33(36)11-1)52-46-18-8-6-16-44(46)51(45-17-7-9-19-47(45)52)35-24-21-34(22-25-35)37-26-27-38-31-49-50(32-40(38)30-37)55-54-48-20-10-4-14-42(48)41-13-3-5-15-43(41)53(49)54/h1-32H. The molecule has 0 fully saturated rings.